The summed E-state index contributed by atoms with van der Waals surface area (Å²) >= 11 is 6.66. The van der Waals surface area contributed by atoms with Crippen molar-refractivity contribution in [3.63, 3.8) is 0 Å². The summed E-state index contributed by atoms with van der Waals surface area (Å²) in [7, 11) is -1.88. The summed E-state index contributed by atoms with van der Waals surface area (Å²) in [5, 5.41) is 3.39. The molecule has 5 rings (SSSR count). The van der Waals surface area contributed by atoms with Crippen LogP contribution in [0.1, 0.15) is 24.1 Å². The standard InChI is InChI=1S/C25H29ClN6S.Na/c1-18(25(28)9-10-25)31-17-21-14-20-15-23(26)19(8-12-30(29)13-11-27)16-24(20)32(21)33(31,2)22-6-4-3-5-7-22;/h4-7,11,13-16H,1-2,8-10,12,17,27-29H2;/q;+1/b13-11-;. The van der Waals surface area contributed by atoms with Crippen molar-refractivity contribution < 1.29 is 33.5 Å². The third-order valence-corrected chi connectivity index (χ3v) is 10.1. The molecule has 172 valence electrons. The van der Waals surface area contributed by atoms with Gasteiger partial charge in [-0.2, -0.15) is 34.3 Å². The number of halogens is 1. The number of rotatable bonds is 7. The number of hydrogen-bond acceptors (Lipinski definition) is 4. The van der Waals surface area contributed by atoms with Gasteiger partial charge in [-0.1, -0.05) is 11.6 Å². The Hall–Kier alpha value is -1.71. The van der Waals surface area contributed by atoms with E-state index >= 15 is 0 Å². The summed E-state index contributed by atoms with van der Waals surface area (Å²) in [6.07, 6.45) is 5.68. The maximum Gasteiger partial charge on any atom is 1.00 e. The molecule has 0 bridgehead atoms. The molecule has 1 unspecified atom stereocenters. The summed E-state index contributed by atoms with van der Waals surface area (Å²) in [6, 6.07) is 17.6. The van der Waals surface area contributed by atoms with Crippen LogP contribution in [0.15, 0.2) is 72.0 Å². The van der Waals surface area contributed by atoms with Crippen LogP contribution < -0.4 is 46.9 Å². The quantitative estimate of drug-likeness (QED) is 0.108. The van der Waals surface area contributed by atoms with E-state index in [0.717, 1.165) is 44.9 Å². The van der Waals surface area contributed by atoms with Crippen molar-refractivity contribution in [1.29, 1.82) is 0 Å². The zero-order valence-electron chi connectivity index (χ0n) is 19.5. The van der Waals surface area contributed by atoms with Gasteiger partial charge in [-0.05, 0) is 60.4 Å². The Labute approximate surface area is 228 Å². The van der Waals surface area contributed by atoms with Gasteiger partial charge < -0.3 is 16.5 Å². The smallest absolute Gasteiger partial charge is 0.403 e. The number of nitrogens with two attached hydrogens (primary N) is 3. The Morgan fingerprint density at radius 3 is 2.65 bits per heavy atom. The van der Waals surface area contributed by atoms with Gasteiger partial charge in [0.05, 0.1) is 15.1 Å². The van der Waals surface area contributed by atoms with Crippen LogP contribution in [-0.2, 0) is 22.6 Å². The molecule has 0 amide bonds. The Kier molecular flexibility index (Phi) is 7.01. The van der Waals surface area contributed by atoms with Crippen molar-refractivity contribution in [2.75, 3.05) is 6.54 Å². The first kappa shape index (κ1) is 25.4. The third kappa shape index (κ3) is 4.13. The molecular formula is C25H29ClN6NaS+. The summed E-state index contributed by atoms with van der Waals surface area (Å²) in [4.78, 5) is 1.14. The maximum absolute atomic E-state index is 6.66. The van der Waals surface area contributed by atoms with E-state index in [2.05, 4.69) is 44.8 Å². The Morgan fingerprint density at radius 1 is 1.29 bits per heavy atom. The van der Waals surface area contributed by atoms with E-state index in [9.17, 15) is 0 Å². The third-order valence-electron chi connectivity index (χ3n) is 6.62. The van der Waals surface area contributed by atoms with E-state index in [4.69, 9.17) is 34.8 Å². The Balaban J connectivity index is 0.00000274. The molecule has 0 saturated heterocycles. The summed E-state index contributed by atoms with van der Waals surface area (Å²) in [6.45, 7) is 5.75. The molecule has 6 N–H and O–H groups in total. The maximum atomic E-state index is 6.66. The summed E-state index contributed by atoms with van der Waals surface area (Å²) in [5.41, 5.74) is 16.0. The fourth-order valence-corrected chi connectivity index (χ4v) is 7.90. The molecule has 34 heavy (non-hydrogen) atoms. The molecule has 9 heteroatoms. The molecule has 2 heterocycles. The van der Waals surface area contributed by atoms with Crippen molar-refractivity contribution in [2.24, 2.45) is 17.3 Å². The molecule has 1 fully saturated rings. The van der Waals surface area contributed by atoms with Gasteiger partial charge in [-0.15, -0.1) is 0 Å². The fourth-order valence-electron chi connectivity index (χ4n) is 4.52. The van der Waals surface area contributed by atoms with Gasteiger partial charge in [0, 0.05) is 29.4 Å². The molecule has 1 saturated carbocycles. The zero-order valence-corrected chi connectivity index (χ0v) is 23.1. The number of hydrazine groups is 1. The van der Waals surface area contributed by atoms with Crippen LogP contribution in [0.5, 0.6) is 0 Å². The summed E-state index contributed by atoms with van der Waals surface area (Å²) in [5.74, 6) is 10.8. The molecule has 1 atom stereocenters. The van der Waals surface area contributed by atoms with Crippen LogP contribution in [0.25, 0.3) is 10.9 Å². The number of hydrogen-bond donors (Lipinski definition) is 3. The van der Waals surface area contributed by atoms with Gasteiger partial charge in [0.1, 0.15) is 11.2 Å². The topological polar surface area (TPSA) is 89.2 Å². The van der Waals surface area contributed by atoms with Crippen LogP contribution in [0, 0.1) is 6.07 Å². The van der Waals surface area contributed by atoms with Gasteiger partial charge in [-0.25, -0.2) is 9.82 Å². The molecule has 3 aromatic rings. The predicted molar refractivity (Wildman–Crippen MR) is 138 cm³/mol. The SMILES string of the molecule is C=C([N+]1=S(=C)(c2cc[c-]cc2)n2c(cc3cc(Cl)c(CCN(N)/C=C\N)cc32)C1)C1(N)CC1.[Na+]. The molecule has 2 aromatic carbocycles. The summed E-state index contributed by atoms with van der Waals surface area (Å²) < 4.78 is 4.72. The molecule has 2 aliphatic rings. The molecular weight excluding hydrogens is 475 g/mol. The largest absolute Gasteiger partial charge is 1.00 e. The van der Waals surface area contributed by atoms with Crippen molar-refractivity contribution in [2.45, 2.75) is 36.2 Å². The molecule has 1 aromatic heterocycles. The minimum absolute atomic E-state index is 0. The van der Waals surface area contributed by atoms with E-state index in [1.54, 1.807) is 11.2 Å². The van der Waals surface area contributed by atoms with E-state index < -0.39 is 9.60 Å². The Morgan fingerprint density at radius 2 is 2.00 bits per heavy atom. The molecule has 1 aliphatic heterocycles. The number of nitrogens with zero attached hydrogens (tertiary/aromatic N) is 3. The van der Waals surface area contributed by atoms with Crippen LogP contribution in [0.2, 0.25) is 5.02 Å². The van der Waals surface area contributed by atoms with Crippen molar-refractivity contribution in [1.82, 2.24) is 8.98 Å². The molecule has 0 radical (unpaired) electrons. The van der Waals surface area contributed by atoms with Crippen LogP contribution in [0.3, 0.4) is 0 Å². The number of benzene rings is 2. The minimum atomic E-state index is -1.88. The minimum Gasteiger partial charge on any atom is -0.403 e. The van der Waals surface area contributed by atoms with E-state index in [0.29, 0.717) is 19.5 Å². The van der Waals surface area contributed by atoms with Gasteiger partial charge in [0.25, 0.3) is 0 Å². The second kappa shape index (κ2) is 9.39. The molecule has 1 aliphatic carbocycles. The number of fused-ring (bicyclic) bond motifs is 3. The predicted octanol–water partition coefficient (Wildman–Crippen LogP) is 0.370. The second-order valence-corrected chi connectivity index (χ2v) is 11.8. The van der Waals surface area contributed by atoms with E-state index in [1.165, 1.54) is 11.9 Å². The van der Waals surface area contributed by atoms with Crippen LogP contribution in [-0.4, -0.2) is 30.9 Å². The van der Waals surface area contributed by atoms with Gasteiger partial charge in [-0.3, -0.25) is 0 Å². The number of aromatic nitrogens is 1. The normalized spacial score (nSPS) is 20.4. The molecule has 6 nitrogen and oxygen atoms in total. The second-order valence-electron chi connectivity index (χ2n) is 8.80. The van der Waals surface area contributed by atoms with E-state index in [1.807, 2.05) is 18.2 Å². The zero-order chi connectivity index (χ0) is 23.4. The first-order valence-corrected chi connectivity index (χ1v) is 13.0. The van der Waals surface area contributed by atoms with Gasteiger partial charge in [0.15, 0.2) is 6.54 Å². The first-order chi connectivity index (χ1) is 15.8. The van der Waals surface area contributed by atoms with Crippen LogP contribution >= 0.6 is 11.6 Å². The van der Waals surface area contributed by atoms with Crippen LogP contribution in [0.4, 0.5) is 0 Å². The van der Waals surface area contributed by atoms with Gasteiger partial charge >= 0.3 is 29.6 Å². The van der Waals surface area contributed by atoms with Crippen molar-refractivity contribution >= 4 is 38.0 Å². The van der Waals surface area contributed by atoms with Crippen molar-refractivity contribution in [3.05, 3.63) is 89.5 Å². The fraction of sp³-hybridized carbons (Fsp3) is 0.240. The average molecular weight is 504 g/mol. The van der Waals surface area contributed by atoms with Crippen molar-refractivity contribution in [3.8, 4) is 0 Å². The molecule has 0 spiro atoms. The van der Waals surface area contributed by atoms with E-state index in [-0.39, 0.29) is 35.1 Å². The van der Waals surface area contributed by atoms with Gasteiger partial charge in [0.2, 0.25) is 5.70 Å². The first-order valence-electron chi connectivity index (χ1n) is 10.9. The monoisotopic (exact) mass is 503 g/mol. The Bertz CT molecular complexity index is 1410. The average Bonchev–Trinajstić information content (AvgIpc) is 3.36.